The van der Waals surface area contributed by atoms with Gasteiger partial charge >= 0.3 is 11.9 Å². The van der Waals surface area contributed by atoms with Crippen molar-refractivity contribution in [2.75, 3.05) is 26.4 Å². The van der Waals surface area contributed by atoms with Crippen LogP contribution in [0.3, 0.4) is 0 Å². The molecule has 0 aliphatic heterocycles. The summed E-state index contributed by atoms with van der Waals surface area (Å²) in [6, 6.07) is 0. The van der Waals surface area contributed by atoms with Gasteiger partial charge in [-0.15, -0.1) is 0 Å². The number of hydrogen-bond donors (Lipinski definition) is 2. The monoisotopic (exact) mass is 798 g/mol. The van der Waals surface area contributed by atoms with E-state index in [2.05, 4.69) is 54.8 Å². The second-order valence-electron chi connectivity index (χ2n) is 14.4. The Labute approximate surface area is 334 Å². The number of aliphatic hydroxyl groups is 2. The highest BCUT2D eigenvalue weighted by molar-refractivity contribution is 7.45. The molecule has 10 nitrogen and oxygen atoms in total. The van der Waals surface area contributed by atoms with Crippen LogP contribution in [-0.2, 0) is 32.7 Å². The van der Waals surface area contributed by atoms with Crippen LogP contribution in [-0.4, -0.2) is 60.8 Å². The molecule has 0 rings (SSSR count). The van der Waals surface area contributed by atoms with Gasteiger partial charge in [-0.2, -0.15) is 0 Å². The Morgan fingerprint density at radius 1 is 0.564 bits per heavy atom. The summed E-state index contributed by atoms with van der Waals surface area (Å²) in [6.07, 6.45) is 42.0. The van der Waals surface area contributed by atoms with Gasteiger partial charge < -0.3 is 33.6 Å². The first kappa shape index (κ1) is 52.9. The predicted octanol–water partition coefficient (Wildman–Crippen LogP) is 10.7. The molecule has 2 N–H and O–H groups in total. The van der Waals surface area contributed by atoms with Gasteiger partial charge in [-0.25, -0.2) is 0 Å². The number of carbonyl (C=O) groups is 2. The first-order valence-electron chi connectivity index (χ1n) is 21.6. The quantitative estimate of drug-likeness (QED) is 0.0265. The van der Waals surface area contributed by atoms with E-state index in [0.29, 0.717) is 19.3 Å². The largest absolute Gasteiger partial charge is 0.756 e. The van der Waals surface area contributed by atoms with E-state index in [9.17, 15) is 24.2 Å². The van der Waals surface area contributed by atoms with Gasteiger partial charge in [0.15, 0.2) is 6.10 Å². The molecule has 0 aromatic heterocycles. The Morgan fingerprint density at radius 2 is 0.982 bits per heavy atom. The van der Waals surface area contributed by atoms with Crippen LogP contribution >= 0.6 is 7.82 Å². The summed E-state index contributed by atoms with van der Waals surface area (Å²) >= 11 is 0. The fourth-order valence-corrected chi connectivity index (χ4v) is 6.40. The molecule has 11 heteroatoms. The zero-order chi connectivity index (χ0) is 40.5. The molecule has 0 fully saturated rings. The maximum atomic E-state index is 12.6. The highest BCUT2D eigenvalue weighted by Crippen LogP contribution is 2.38. The van der Waals surface area contributed by atoms with Gasteiger partial charge in [0.2, 0.25) is 0 Å². The molecule has 0 aromatic rings. The van der Waals surface area contributed by atoms with E-state index >= 15 is 0 Å². The fraction of sp³-hybridized carbons (Fsp3) is 0.773. The summed E-state index contributed by atoms with van der Waals surface area (Å²) < 4.78 is 32.3. The number of ether oxygens (including phenoxy) is 2. The fourth-order valence-electron chi connectivity index (χ4n) is 5.63. The van der Waals surface area contributed by atoms with E-state index in [1.807, 2.05) is 12.2 Å². The second-order valence-corrected chi connectivity index (χ2v) is 15.8. The van der Waals surface area contributed by atoms with Gasteiger partial charge in [0, 0.05) is 12.8 Å². The SMILES string of the molecule is CCCCC/C=C\C/C=C\C/C=C\C/C=C\CCCC(=O)O[C@H](COC(=O)CCCCCCCCCCCCCCCCC)COP(=O)([O-])OCC(O)CO. The third-order valence-electron chi connectivity index (χ3n) is 8.98. The standard InChI is InChI=1S/C44H79O10P/c1-3-5-7-9-11-13-15-17-19-20-22-24-26-28-30-32-34-36-44(48)54-42(40-53-55(49,50)52-38-41(46)37-45)39-51-43(47)35-33-31-29-27-25-23-21-18-16-14-12-10-8-6-4-2/h11,13,17,19,22,24,28,30,41-42,45-46H,3-10,12,14-16,18,20-21,23,25-27,29,31-40H2,1-2H3,(H,49,50)/p-1/b13-11-,19-17-,24-22-,30-28-/t41?,42-/m1/s1. The highest BCUT2D eigenvalue weighted by atomic mass is 31.2. The van der Waals surface area contributed by atoms with Crippen LogP contribution in [0.5, 0.6) is 0 Å². The van der Waals surface area contributed by atoms with Crippen molar-refractivity contribution in [2.45, 2.75) is 193 Å². The lowest BCUT2D eigenvalue weighted by Crippen LogP contribution is -2.30. The number of rotatable bonds is 40. The Bertz CT molecular complexity index is 1060. The number of hydrogen-bond acceptors (Lipinski definition) is 10. The Hall–Kier alpha value is -2.07. The van der Waals surface area contributed by atoms with Crippen LogP contribution in [0.15, 0.2) is 48.6 Å². The molecule has 0 amide bonds. The van der Waals surface area contributed by atoms with Crippen molar-refractivity contribution in [3.8, 4) is 0 Å². The first-order chi connectivity index (χ1) is 26.7. The molecule has 0 radical (unpaired) electrons. The van der Waals surface area contributed by atoms with Gasteiger partial charge in [-0.05, 0) is 51.4 Å². The minimum atomic E-state index is -4.88. The highest BCUT2D eigenvalue weighted by Gasteiger charge is 2.21. The second kappa shape index (κ2) is 40.1. The molecular weight excluding hydrogens is 719 g/mol. The number of phosphoric acid groups is 1. The summed E-state index contributed by atoms with van der Waals surface area (Å²) in [6.45, 7) is 2.11. The Kier molecular flexibility index (Phi) is 38.6. The number of carbonyl (C=O) groups excluding carboxylic acids is 2. The van der Waals surface area contributed by atoms with E-state index in [4.69, 9.17) is 19.1 Å². The minimum Gasteiger partial charge on any atom is -0.756 e. The molecule has 0 saturated carbocycles. The zero-order valence-electron chi connectivity index (χ0n) is 34.6. The van der Waals surface area contributed by atoms with Crippen molar-refractivity contribution in [3.05, 3.63) is 48.6 Å². The molecule has 55 heavy (non-hydrogen) atoms. The van der Waals surface area contributed by atoms with Crippen molar-refractivity contribution in [1.29, 1.82) is 0 Å². The van der Waals surface area contributed by atoms with Crippen LogP contribution < -0.4 is 4.89 Å². The van der Waals surface area contributed by atoms with Gasteiger partial charge in [-0.3, -0.25) is 14.2 Å². The molecular formula is C44H78O10P-. The molecule has 320 valence electrons. The van der Waals surface area contributed by atoms with E-state index in [-0.39, 0.29) is 19.4 Å². The van der Waals surface area contributed by atoms with E-state index in [0.717, 1.165) is 44.9 Å². The molecule has 0 aromatic carbocycles. The number of aliphatic hydroxyl groups excluding tert-OH is 2. The molecule has 0 aliphatic rings. The lowest BCUT2D eigenvalue weighted by atomic mass is 10.0. The number of phosphoric ester groups is 1. The summed E-state index contributed by atoms with van der Waals surface area (Å²) in [4.78, 5) is 37.1. The Morgan fingerprint density at radius 3 is 1.49 bits per heavy atom. The van der Waals surface area contributed by atoms with Crippen LogP contribution in [0, 0.1) is 0 Å². The number of esters is 2. The third-order valence-corrected chi connectivity index (χ3v) is 9.91. The van der Waals surface area contributed by atoms with Gasteiger partial charge in [0.05, 0.1) is 19.8 Å². The van der Waals surface area contributed by atoms with E-state index in [1.54, 1.807) is 0 Å². The van der Waals surface area contributed by atoms with Crippen molar-refractivity contribution in [1.82, 2.24) is 0 Å². The van der Waals surface area contributed by atoms with Crippen molar-refractivity contribution in [2.24, 2.45) is 0 Å². The van der Waals surface area contributed by atoms with E-state index in [1.165, 1.54) is 89.9 Å². The van der Waals surface area contributed by atoms with Crippen molar-refractivity contribution >= 4 is 19.8 Å². The maximum absolute atomic E-state index is 12.6. The molecule has 0 bridgehead atoms. The zero-order valence-corrected chi connectivity index (χ0v) is 35.5. The molecule has 3 atom stereocenters. The predicted molar refractivity (Wildman–Crippen MR) is 221 cm³/mol. The first-order valence-corrected chi connectivity index (χ1v) is 23.0. The Balaban J connectivity index is 4.39. The van der Waals surface area contributed by atoms with Crippen molar-refractivity contribution in [3.63, 3.8) is 0 Å². The summed E-state index contributed by atoms with van der Waals surface area (Å²) in [5.41, 5.74) is 0. The van der Waals surface area contributed by atoms with Gasteiger partial charge in [0.1, 0.15) is 12.7 Å². The molecule has 2 unspecified atom stereocenters. The molecule has 0 spiro atoms. The van der Waals surface area contributed by atoms with Crippen LogP contribution in [0.4, 0.5) is 0 Å². The summed E-state index contributed by atoms with van der Waals surface area (Å²) in [7, 11) is -4.88. The normalized spacial score (nSPS) is 14.3. The van der Waals surface area contributed by atoms with E-state index < -0.39 is 51.8 Å². The lowest BCUT2D eigenvalue weighted by Gasteiger charge is -2.26. The van der Waals surface area contributed by atoms with Crippen LogP contribution in [0.1, 0.15) is 181 Å². The molecule has 0 saturated heterocycles. The summed E-state index contributed by atoms with van der Waals surface area (Å²) in [5.74, 6) is -1.02. The topological polar surface area (TPSA) is 152 Å². The van der Waals surface area contributed by atoms with Gasteiger partial charge in [0.25, 0.3) is 7.82 Å². The van der Waals surface area contributed by atoms with Crippen molar-refractivity contribution < 1.29 is 47.8 Å². The third kappa shape index (κ3) is 39.9. The molecule has 0 aliphatic carbocycles. The molecule has 0 heterocycles. The van der Waals surface area contributed by atoms with Crippen LogP contribution in [0.2, 0.25) is 0 Å². The lowest BCUT2D eigenvalue weighted by molar-refractivity contribution is -0.230. The smallest absolute Gasteiger partial charge is 0.306 e. The average molecular weight is 798 g/mol. The number of allylic oxidation sites excluding steroid dienone is 8. The number of unbranched alkanes of at least 4 members (excludes halogenated alkanes) is 18. The van der Waals surface area contributed by atoms with Gasteiger partial charge in [-0.1, -0.05) is 165 Å². The summed E-state index contributed by atoms with van der Waals surface area (Å²) in [5, 5.41) is 18.3. The minimum absolute atomic E-state index is 0.0931. The van der Waals surface area contributed by atoms with Crippen LogP contribution in [0.25, 0.3) is 0 Å². The average Bonchev–Trinajstić information content (AvgIpc) is 3.17. The maximum Gasteiger partial charge on any atom is 0.306 e.